The molecule has 0 aliphatic carbocycles. The lowest BCUT2D eigenvalue weighted by molar-refractivity contribution is -0.144. The average Bonchev–Trinajstić information content (AvgIpc) is 2.71. The molecule has 13 nitrogen and oxygen atoms in total. The first-order valence-electron chi connectivity index (χ1n) is 9.51. The van der Waals surface area contributed by atoms with Gasteiger partial charge in [-0.25, -0.2) is 4.79 Å². The highest BCUT2D eigenvalue weighted by molar-refractivity contribution is 5.94. The number of aromatic hydroxyl groups is 1. The van der Waals surface area contributed by atoms with Crippen molar-refractivity contribution in [3.05, 3.63) is 29.8 Å². The number of hydrogen-bond acceptors (Lipinski definition) is 8. The summed E-state index contributed by atoms with van der Waals surface area (Å²) in [4.78, 5) is 59.3. The van der Waals surface area contributed by atoms with Gasteiger partial charge in [-0.2, -0.15) is 0 Å². The molecule has 176 valence electrons. The molecule has 4 unspecified atom stereocenters. The highest BCUT2D eigenvalue weighted by Crippen LogP contribution is 2.12. The van der Waals surface area contributed by atoms with E-state index >= 15 is 0 Å². The van der Waals surface area contributed by atoms with E-state index in [9.17, 15) is 34.2 Å². The van der Waals surface area contributed by atoms with Crippen LogP contribution in [0.4, 0.5) is 0 Å². The normalized spacial score (nSPS) is 14.3. The van der Waals surface area contributed by atoms with Crippen molar-refractivity contribution in [2.45, 2.75) is 44.0 Å². The highest BCUT2D eigenvalue weighted by atomic mass is 16.4. The molecule has 4 amide bonds. The first-order chi connectivity index (χ1) is 14.9. The van der Waals surface area contributed by atoms with Gasteiger partial charge in [-0.05, 0) is 24.6 Å². The molecule has 0 fully saturated rings. The second-order valence-corrected chi connectivity index (χ2v) is 6.99. The summed E-state index contributed by atoms with van der Waals surface area (Å²) >= 11 is 0. The number of nitrogens with two attached hydrogens (primary N) is 2. The standard InChI is InChI=1S/C19H27N5O8/c1-9(25)16(18(30)23-13(19(31)32)7-14(21)27)24-17(29)12(22-15(28)8-20)6-10-2-4-11(26)5-3-10/h2-5,9,12-13,16,25-26H,6-8,20H2,1H3,(H2,21,27)(H,22,28)(H,23,30)(H,24,29)(H,31,32). The minimum Gasteiger partial charge on any atom is -0.508 e. The summed E-state index contributed by atoms with van der Waals surface area (Å²) in [6.45, 7) is 0.773. The fraction of sp³-hybridized carbons (Fsp3) is 0.421. The van der Waals surface area contributed by atoms with Gasteiger partial charge in [0.25, 0.3) is 0 Å². The molecule has 0 heterocycles. The number of carbonyl (C=O) groups is 5. The Morgan fingerprint density at radius 3 is 2.03 bits per heavy atom. The van der Waals surface area contributed by atoms with Crippen LogP contribution in [0.25, 0.3) is 0 Å². The summed E-state index contributed by atoms with van der Waals surface area (Å²) < 4.78 is 0. The number of aliphatic hydroxyl groups excluding tert-OH is 1. The van der Waals surface area contributed by atoms with Gasteiger partial charge in [0, 0.05) is 6.42 Å². The number of aliphatic hydroxyl groups is 1. The molecule has 0 aromatic heterocycles. The van der Waals surface area contributed by atoms with E-state index in [0.29, 0.717) is 5.56 Å². The Hall–Kier alpha value is -3.71. The van der Waals surface area contributed by atoms with Crippen LogP contribution in [0.5, 0.6) is 5.75 Å². The van der Waals surface area contributed by atoms with Crippen molar-refractivity contribution in [1.29, 1.82) is 0 Å². The molecule has 0 aliphatic heterocycles. The zero-order chi connectivity index (χ0) is 24.4. The summed E-state index contributed by atoms with van der Waals surface area (Å²) in [5.41, 5.74) is 10.8. The van der Waals surface area contributed by atoms with Crippen molar-refractivity contribution in [2.24, 2.45) is 11.5 Å². The summed E-state index contributed by atoms with van der Waals surface area (Å²) in [6.07, 6.45) is -2.19. The maximum atomic E-state index is 12.8. The third-order valence-corrected chi connectivity index (χ3v) is 4.30. The van der Waals surface area contributed by atoms with E-state index in [-0.39, 0.29) is 12.2 Å². The summed E-state index contributed by atoms with van der Waals surface area (Å²) in [6, 6.07) is 1.33. The molecule has 1 aromatic rings. The van der Waals surface area contributed by atoms with Crippen molar-refractivity contribution in [1.82, 2.24) is 16.0 Å². The smallest absolute Gasteiger partial charge is 0.326 e. The molecular weight excluding hydrogens is 426 g/mol. The first-order valence-corrected chi connectivity index (χ1v) is 9.51. The SMILES string of the molecule is CC(O)C(NC(=O)C(Cc1ccc(O)cc1)NC(=O)CN)C(=O)NC(CC(N)=O)C(=O)O. The number of aliphatic carboxylic acids is 1. The minimum atomic E-state index is -1.66. The molecule has 0 saturated carbocycles. The van der Waals surface area contributed by atoms with Crippen LogP contribution >= 0.6 is 0 Å². The van der Waals surface area contributed by atoms with Crippen LogP contribution in [0, 0.1) is 0 Å². The number of phenolic OH excluding ortho intramolecular Hbond substituents is 1. The molecular formula is C19H27N5O8. The number of phenols is 1. The second kappa shape index (κ2) is 12.2. The van der Waals surface area contributed by atoms with Gasteiger partial charge in [0.1, 0.15) is 23.9 Å². The molecule has 0 radical (unpaired) electrons. The van der Waals surface area contributed by atoms with Gasteiger partial charge in [0.15, 0.2) is 0 Å². The number of amides is 4. The maximum Gasteiger partial charge on any atom is 0.326 e. The lowest BCUT2D eigenvalue weighted by atomic mass is 10.0. The molecule has 1 aromatic carbocycles. The molecule has 0 spiro atoms. The number of carboxylic acids is 1. The Morgan fingerprint density at radius 1 is 0.969 bits per heavy atom. The zero-order valence-electron chi connectivity index (χ0n) is 17.3. The van der Waals surface area contributed by atoms with E-state index in [1.165, 1.54) is 31.2 Å². The van der Waals surface area contributed by atoms with E-state index < -0.39 is 66.8 Å². The van der Waals surface area contributed by atoms with Crippen molar-refractivity contribution in [3.63, 3.8) is 0 Å². The number of rotatable bonds is 12. The van der Waals surface area contributed by atoms with Crippen molar-refractivity contribution < 1.29 is 39.3 Å². The zero-order valence-corrected chi connectivity index (χ0v) is 17.3. The van der Waals surface area contributed by atoms with Crippen LogP contribution in [0.3, 0.4) is 0 Å². The molecule has 0 saturated heterocycles. The van der Waals surface area contributed by atoms with Gasteiger partial charge in [-0.15, -0.1) is 0 Å². The van der Waals surface area contributed by atoms with Crippen LogP contribution in [0.2, 0.25) is 0 Å². The number of carboxylic acid groups (broad SMARTS) is 1. The predicted molar refractivity (Wildman–Crippen MR) is 110 cm³/mol. The molecule has 0 bridgehead atoms. The topological polar surface area (TPSA) is 234 Å². The van der Waals surface area contributed by atoms with Gasteiger partial charge in [0.05, 0.1) is 19.1 Å². The fourth-order valence-corrected chi connectivity index (χ4v) is 2.65. The van der Waals surface area contributed by atoms with Gasteiger partial charge in [0.2, 0.25) is 23.6 Å². The third kappa shape index (κ3) is 8.57. The van der Waals surface area contributed by atoms with Crippen molar-refractivity contribution in [2.75, 3.05) is 6.54 Å². The average molecular weight is 453 g/mol. The fourth-order valence-electron chi connectivity index (χ4n) is 2.65. The number of carbonyl (C=O) groups excluding carboxylic acids is 4. The van der Waals surface area contributed by atoms with Crippen LogP contribution in [0.15, 0.2) is 24.3 Å². The van der Waals surface area contributed by atoms with Crippen LogP contribution in [-0.2, 0) is 30.4 Å². The number of primary amides is 1. The second-order valence-electron chi connectivity index (χ2n) is 6.99. The highest BCUT2D eigenvalue weighted by Gasteiger charge is 2.32. The Kier molecular flexibility index (Phi) is 10.1. The van der Waals surface area contributed by atoms with E-state index in [0.717, 1.165) is 0 Å². The first kappa shape index (κ1) is 26.3. The molecule has 4 atom stereocenters. The Labute approximate surface area is 183 Å². The maximum absolute atomic E-state index is 12.8. The monoisotopic (exact) mass is 453 g/mol. The van der Waals surface area contributed by atoms with E-state index in [4.69, 9.17) is 16.6 Å². The lowest BCUT2D eigenvalue weighted by Gasteiger charge is -2.26. The third-order valence-electron chi connectivity index (χ3n) is 4.30. The predicted octanol–water partition coefficient (Wildman–Crippen LogP) is -3.31. The quantitative estimate of drug-likeness (QED) is 0.158. The van der Waals surface area contributed by atoms with Crippen LogP contribution in [-0.4, -0.2) is 75.7 Å². The summed E-state index contributed by atoms with van der Waals surface area (Å²) in [5, 5.41) is 35.1. The van der Waals surface area contributed by atoms with Crippen LogP contribution in [0.1, 0.15) is 18.9 Å². The van der Waals surface area contributed by atoms with E-state index in [1.807, 2.05) is 5.32 Å². The Balaban J connectivity index is 3.01. The number of nitrogens with one attached hydrogen (secondary N) is 3. The van der Waals surface area contributed by atoms with Crippen LogP contribution < -0.4 is 27.4 Å². The van der Waals surface area contributed by atoms with Gasteiger partial charge < -0.3 is 42.7 Å². The van der Waals surface area contributed by atoms with Crippen molar-refractivity contribution >= 4 is 29.6 Å². The van der Waals surface area contributed by atoms with Crippen molar-refractivity contribution in [3.8, 4) is 5.75 Å². The molecule has 10 N–H and O–H groups in total. The Bertz CT molecular complexity index is 843. The number of hydrogen-bond donors (Lipinski definition) is 8. The van der Waals surface area contributed by atoms with Gasteiger partial charge >= 0.3 is 5.97 Å². The van der Waals surface area contributed by atoms with E-state index in [2.05, 4.69) is 10.6 Å². The van der Waals surface area contributed by atoms with Gasteiger partial charge in [-0.3, -0.25) is 19.2 Å². The van der Waals surface area contributed by atoms with E-state index in [1.54, 1.807) is 0 Å². The summed E-state index contributed by atoms with van der Waals surface area (Å²) in [5.74, 6) is -5.11. The largest absolute Gasteiger partial charge is 0.508 e. The molecule has 13 heteroatoms. The summed E-state index contributed by atoms with van der Waals surface area (Å²) in [7, 11) is 0. The minimum absolute atomic E-state index is 0.00414. The molecule has 0 aliphatic rings. The molecule has 1 rings (SSSR count). The van der Waals surface area contributed by atoms with Gasteiger partial charge in [-0.1, -0.05) is 12.1 Å². The lowest BCUT2D eigenvalue weighted by Crippen LogP contribution is -2.59. The number of benzene rings is 1. The Morgan fingerprint density at radius 2 is 1.56 bits per heavy atom. The molecule has 32 heavy (non-hydrogen) atoms.